The standard InChI is InChI=1S/C22H24N2O3/c1-27-20-13-7-6-12-18(20)21(25)23-19(16-17-10-4-2-5-11-17)22(26)24-14-8-3-9-15-24/h2,4-7,10-13,16H,3,8-9,14-15H2,1H3,(H,23,25)/b19-16+. The average Bonchev–Trinajstić information content (AvgIpc) is 2.74. The summed E-state index contributed by atoms with van der Waals surface area (Å²) >= 11 is 0. The first-order valence-electron chi connectivity index (χ1n) is 9.19. The van der Waals surface area contributed by atoms with Crippen LogP contribution in [0.25, 0.3) is 6.08 Å². The third kappa shape index (κ3) is 4.76. The number of hydrogen-bond acceptors (Lipinski definition) is 3. The number of rotatable bonds is 5. The number of nitrogens with one attached hydrogen (secondary N) is 1. The first-order valence-corrected chi connectivity index (χ1v) is 9.19. The molecular formula is C22H24N2O3. The van der Waals surface area contributed by atoms with E-state index in [1.165, 1.54) is 7.11 Å². The topological polar surface area (TPSA) is 58.6 Å². The van der Waals surface area contributed by atoms with Gasteiger partial charge in [0.2, 0.25) is 0 Å². The number of ether oxygens (including phenoxy) is 1. The fourth-order valence-electron chi connectivity index (χ4n) is 3.16. The molecule has 0 atom stereocenters. The summed E-state index contributed by atoms with van der Waals surface area (Å²) in [4.78, 5) is 27.7. The van der Waals surface area contributed by atoms with Crippen LogP contribution in [0.1, 0.15) is 35.2 Å². The lowest BCUT2D eigenvalue weighted by Crippen LogP contribution is -2.41. The van der Waals surface area contributed by atoms with Crippen molar-refractivity contribution in [1.29, 1.82) is 0 Å². The van der Waals surface area contributed by atoms with E-state index in [-0.39, 0.29) is 17.5 Å². The zero-order valence-corrected chi connectivity index (χ0v) is 15.5. The number of para-hydroxylation sites is 1. The predicted molar refractivity (Wildman–Crippen MR) is 105 cm³/mol. The Bertz CT molecular complexity index is 824. The maximum atomic E-state index is 13.0. The smallest absolute Gasteiger partial charge is 0.270 e. The van der Waals surface area contributed by atoms with Crippen LogP contribution in [0.2, 0.25) is 0 Å². The van der Waals surface area contributed by atoms with Crippen molar-refractivity contribution < 1.29 is 14.3 Å². The molecule has 2 amide bonds. The van der Waals surface area contributed by atoms with Gasteiger partial charge in [-0.25, -0.2) is 0 Å². The molecule has 5 nitrogen and oxygen atoms in total. The van der Waals surface area contributed by atoms with Crippen molar-refractivity contribution in [3.05, 3.63) is 71.4 Å². The summed E-state index contributed by atoms with van der Waals surface area (Å²) in [7, 11) is 1.52. The number of likely N-dealkylation sites (tertiary alicyclic amines) is 1. The molecule has 0 bridgehead atoms. The van der Waals surface area contributed by atoms with Gasteiger partial charge in [0.1, 0.15) is 11.4 Å². The molecule has 1 N–H and O–H groups in total. The highest BCUT2D eigenvalue weighted by Crippen LogP contribution is 2.19. The molecule has 1 heterocycles. The number of piperidine rings is 1. The molecule has 0 aromatic heterocycles. The lowest BCUT2D eigenvalue weighted by Gasteiger charge is -2.27. The number of benzene rings is 2. The van der Waals surface area contributed by atoms with Gasteiger partial charge in [-0.2, -0.15) is 0 Å². The van der Waals surface area contributed by atoms with Crippen molar-refractivity contribution in [1.82, 2.24) is 10.2 Å². The van der Waals surface area contributed by atoms with Crippen LogP contribution in [0.4, 0.5) is 0 Å². The van der Waals surface area contributed by atoms with E-state index in [1.54, 1.807) is 35.2 Å². The third-order valence-electron chi connectivity index (χ3n) is 4.58. The van der Waals surface area contributed by atoms with E-state index in [1.807, 2.05) is 30.3 Å². The molecule has 0 radical (unpaired) electrons. The van der Waals surface area contributed by atoms with Crippen LogP contribution >= 0.6 is 0 Å². The summed E-state index contributed by atoms with van der Waals surface area (Å²) in [6.07, 6.45) is 4.84. The summed E-state index contributed by atoms with van der Waals surface area (Å²) in [5, 5.41) is 2.80. The second-order valence-corrected chi connectivity index (χ2v) is 6.48. The highest BCUT2D eigenvalue weighted by molar-refractivity contribution is 6.06. The van der Waals surface area contributed by atoms with E-state index < -0.39 is 0 Å². The van der Waals surface area contributed by atoms with Crippen LogP contribution in [-0.4, -0.2) is 36.9 Å². The fraction of sp³-hybridized carbons (Fsp3) is 0.273. The summed E-state index contributed by atoms with van der Waals surface area (Å²) in [6.45, 7) is 1.44. The van der Waals surface area contributed by atoms with Crippen LogP contribution in [0, 0.1) is 0 Å². The van der Waals surface area contributed by atoms with E-state index in [0.29, 0.717) is 11.3 Å². The van der Waals surface area contributed by atoms with Crippen molar-refractivity contribution in [2.24, 2.45) is 0 Å². The first-order chi connectivity index (χ1) is 13.2. The zero-order valence-electron chi connectivity index (χ0n) is 15.5. The molecule has 3 rings (SSSR count). The quantitative estimate of drug-likeness (QED) is 0.827. The summed E-state index contributed by atoms with van der Waals surface area (Å²) in [6, 6.07) is 16.5. The number of amides is 2. The second kappa shape index (κ2) is 9.03. The lowest BCUT2D eigenvalue weighted by molar-refractivity contribution is -0.128. The van der Waals surface area contributed by atoms with E-state index in [0.717, 1.165) is 37.9 Å². The molecule has 5 heteroatoms. The Morgan fingerprint density at radius 3 is 2.33 bits per heavy atom. The van der Waals surface area contributed by atoms with Gasteiger partial charge in [0, 0.05) is 13.1 Å². The minimum absolute atomic E-state index is 0.151. The maximum Gasteiger partial charge on any atom is 0.270 e. The minimum Gasteiger partial charge on any atom is -0.496 e. The Labute approximate surface area is 159 Å². The van der Waals surface area contributed by atoms with Crippen LogP contribution in [0.3, 0.4) is 0 Å². The van der Waals surface area contributed by atoms with Gasteiger partial charge in [0.15, 0.2) is 0 Å². The molecule has 0 saturated carbocycles. The molecule has 0 unspecified atom stereocenters. The molecule has 1 aliphatic heterocycles. The molecular weight excluding hydrogens is 340 g/mol. The van der Waals surface area contributed by atoms with Gasteiger partial charge in [-0.15, -0.1) is 0 Å². The van der Waals surface area contributed by atoms with Gasteiger partial charge in [-0.05, 0) is 43.0 Å². The van der Waals surface area contributed by atoms with E-state index in [2.05, 4.69) is 5.32 Å². The molecule has 1 fully saturated rings. The molecule has 1 saturated heterocycles. The van der Waals surface area contributed by atoms with Crippen LogP contribution in [0.15, 0.2) is 60.3 Å². The Kier molecular flexibility index (Phi) is 6.26. The molecule has 27 heavy (non-hydrogen) atoms. The van der Waals surface area contributed by atoms with Crippen LogP contribution in [0.5, 0.6) is 5.75 Å². The third-order valence-corrected chi connectivity index (χ3v) is 4.58. The number of hydrogen-bond donors (Lipinski definition) is 1. The molecule has 0 aliphatic carbocycles. The van der Waals surface area contributed by atoms with Gasteiger partial charge in [-0.1, -0.05) is 42.5 Å². The van der Waals surface area contributed by atoms with E-state index >= 15 is 0 Å². The van der Waals surface area contributed by atoms with Crippen molar-refractivity contribution in [3.63, 3.8) is 0 Å². The SMILES string of the molecule is COc1ccccc1C(=O)N/C(=C/c1ccccc1)C(=O)N1CCCCC1. The van der Waals surface area contributed by atoms with Crippen LogP contribution in [-0.2, 0) is 4.79 Å². The number of carbonyl (C=O) groups is 2. The highest BCUT2D eigenvalue weighted by atomic mass is 16.5. The number of nitrogens with zero attached hydrogens (tertiary/aromatic N) is 1. The Morgan fingerprint density at radius 2 is 1.63 bits per heavy atom. The van der Waals surface area contributed by atoms with Gasteiger partial charge in [0.25, 0.3) is 11.8 Å². The lowest BCUT2D eigenvalue weighted by atomic mass is 10.1. The molecule has 2 aromatic carbocycles. The predicted octanol–water partition coefficient (Wildman–Crippen LogP) is 3.48. The van der Waals surface area contributed by atoms with E-state index in [4.69, 9.17) is 4.74 Å². The van der Waals surface area contributed by atoms with Crippen molar-refractivity contribution >= 4 is 17.9 Å². The van der Waals surface area contributed by atoms with Gasteiger partial charge < -0.3 is 15.0 Å². The summed E-state index contributed by atoms with van der Waals surface area (Å²) in [5.74, 6) is -0.0405. The van der Waals surface area contributed by atoms with Crippen molar-refractivity contribution in [3.8, 4) is 5.75 Å². The summed E-state index contributed by atoms with van der Waals surface area (Å²) in [5.41, 5.74) is 1.53. The fourth-order valence-corrected chi connectivity index (χ4v) is 3.16. The Morgan fingerprint density at radius 1 is 0.963 bits per heavy atom. The van der Waals surface area contributed by atoms with Gasteiger partial charge in [0.05, 0.1) is 12.7 Å². The van der Waals surface area contributed by atoms with Crippen molar-refractivity contribution in [2.75, 3.05) is 20.2 Å². The average molecular weight is 364 g/mol. The van der Waals surface area contributed by atoms with Gasteiger partial charge >= 0.3 is 0 Å². The Hall–Kier alpha value is -3.08. The first kappa shape index (κ1) is 18.7. The zero-order chi connectivity index (χ0) is 19.1. The normalized spacial score (nSPS) is 14.6. The Balaban J connectivity index is 1.88. The van der Waals surface area contributed by atoms with Gasteiger partial charge in [-0.3, -0.25) is 9.59 Å². The van der Waals surface area contributed by atoms with Crippen LogP contribution < -0.4 is 10.1 Å². The van der Waals surface area contributed by atoms with Crippen molar-refractivity contribution in [2.45, 2.75) is 19.3 Å². The molecule has 140 valence electrons. The summed E-state index contributed by atoms with van der Waals surface area (Å²) < 4.78 is 5.27. The molecule has 2 aromatic rings. The largest absolute Gasteiger partial charge is 0.496 e. The monoisotopic (exact) mass is 364 g/mol. The molecule has 1 aliphatic rings. The minimum atomic E-state index is -0.361. The second-order valence-electron chi connectivity index (χ2n) is 6.48. The molecule has 0 spiro atoms. The van der Waals surface area contributed by atoms with E-state index in [9.17, 15) is 9.59 Å². The number of carbonyl (C=O) groups excluding carboxylic acids is 2. The maximum absolute atomic E-state index is 13.0. The number of methoxy groups -OCH3 is 1. The highest BCUT2D eigenvalue weighted by Gasteiger charge is 2.23.